The van der Waals surface area contributed by atoms with Crippen molar-refractivity contribution in [3.05, 3.63) is 33.8 Å². The highest BCUT2D eigenvalue weighted by Gasteiger charge is 2.07. The molecule has 0 saturated carbocycles. The number of rotatable bonds is 4. The molecule has 0 aliphatic heterocycles. The maximum atomic E-state index is 12.4. The van der Waals surface area contributed by atoms with Gasteiger partial charge in [-0.1, -0.05) is 15.9 Å². The van der Waals surface area contributed by atoms with E-state index in [0.29, 0.717) is 15.6 Å². The summed E-state index contributed by atoms with van der Waals surface area (Å²) in [6.07, 6.45) is 0.281. The third-order valence-corrected chi connectivity index (χ3v) is 2.40. The summed E-state index contributed by atoms with van der Waals surface area (Å²) in [6.45, 7) is -0.569. The van der Waals surface area contributed by atoms with Crippen LogP contribution in [0, 0.1) is 0 Å². The van der Waals surface area contributed by atoms with E-state index in [1.807, 2.05) is 0 Å². The lowest BCUT2D eigenvalue weighted by Gasteiger charge is -2.02. The Kier molecular flexibility index (Phi) is 4.55. The zero-order chi connectivity index (χ0) is 10.6. The van der Waals surface area contributed by atoms with Crippen molar-refractivity contribution in [3.63, 3.8) is 0 Å². The second-order valence-corrected chi connectivity index (χ2v) is 4.14. The minimum Gasteiger partial charge on any atom is -0.294 e. The molecular weight excluding hydrogens is 270 g/mol. The summed E-state index contributed by atoms with van der Waals surface area (Å²) in [4.78, 5) is 11.4. The van der Waals surface area contributed by atoms with Crippen molar-refractivity contribution in [2.45, 2.75) is 13.1 Å². The fourth-order valence-corrected chi connectivity index (χ4v) is 1.83. The lowest BCUT2D eigenvalue weighted by Crippen LogP contribution is -2.00. The van der Waals surface area contributed by atoms with Crippen LogP contribution in [0.1, 0.15) is 22.3 Å². The standard InChI is InChI=1S/C10H9BrClFO/c11-9-4-7(6-13)3-8(5-9)10(14)1-2-12/h3-5H,1-2,6H2. The summed E-state index contributed by atoms with van der Waals surface area (Å²) in [6, 6.07) is 4.88. The molecule has 1 aromatic carbocycles. The molecular formula is C10H9BrClFO. The molecule has 0 aliphatic carbocycles. The normalized spacial score (nSPS) is 10.2. The van der Waals surface area contributed by atoms with E-state index in [4.69, 9.17) is 11.6 Å². The van der Waals surface area contributed by atoms with E-state index in [1.54, 1.807) is 18.2 Å². The van der Waals surface area contributed by atoms with Crippen LogP contribution in [0.3, 0.4) is 0 Å². The molecule has 14 heavy (non-hydrogen) atoms. The molecule has 1 rings (SSSR count). The lowest BCUT2D eigenvalue weighted by atomic mass is 10.1. The van der Waals surface area contributed by atoms with Gasteiger partial charge in [-0.25, -0.2) is 4.39 Å². The van der Waals surface area contributed by atoms with Crippen LogP contribution in [0.2, 0.25) is 0 Å². The van der Waals surface area contributed by atoms with Crippen LogP contribution in [0.25, 0.3) is 0 Å². The summed E-state index contributed by atoms with van der Waals surface area (Å²) in [5, 5.41) is 0. The van der Waals surface area contributed by atoms with E-state index in [2.05, 4.69) is 15.9 Å². The molecule has 0 amide bonds. The smallest absolute Gasteiger partial charge is 0.164 e. The van der Waals surface area contributed by atoms with Gasteiger partial charge in [0.05, 0.1) is 0 Å². The van der Waals surface area contributed by atoms with Crippen molar-refractivity contribution < 1.29 is 9.18 Å². The Hall–Kier alpha value is -0.410. The molecule has 0 aromatic heterocycles. The van der Waals surface area contributed by atoms with Crippen molar-refractivity contribution in [1.82, 2.24) is 0 Å². The lowest BCUT2D eigenvalue weighted by molar-refractivity contribution is 0.0989. The van der Waals surface area contributed by atoms with Gasteiger partial charge in [-0.3, -0.25) is 4.79 Å². The van der Waals surface area contributed by atoms with Gasteiger partial charge in [0.1, 0.15) is 6.67 Å². The van der Waals surface area contributed by atoms with E-state index in [9.17, 15) is 9.18 Å². The fourth-order valence-electron chi connectivity index (χ4n) is 1.12. The van der Waals surface area contributed by atoms with E-state index >= 15 is 0 Å². The number of halogens is 3. The number of alkyl halides is 2. The minimum absolute atomic E-state index is 0.0593. The molecule has 0 saturated heterocycles. The third-order valence-electron chi connectivity index (χ3n) is 1.76. The van der Waals surface area contributed by atoms with Gasteiger partial charge < -0.3 is 0 Å². The first-order valence-electron chi connectivity index (χ1n) is 4.12. The predicted octanol–water partition coefficient (Wildman–Crippen LogP) is 3.73. The Balaban J connectivity index is 2.96. The van der Waals surface area contributed by atoms with Gasteiger partial charge in [0.15, 0.2) is 5.78 Å². The molecule has 0 fully saturated rings. The van der Waals surface area contributed by atoms with Crippen LogP contribution < -0.4 is 0 Å². The van der Waals surface area contributed by atoms with Crippen molar-refractivity contribution in [2.24, 2.45) is 0 Å². The SMILES string of the molecule is O=C(CCCl)c1cc(Br)cc(CF)c1. The van der Waals surface area contributed by atoms with Crippen molar-refractivity contribution in [1.29, 1.82) is 0 Å². The van der Waals surface area contributed by atoms with E-state index < -0.39 is 6.67 Å². The fraction of sp³-hybridized carbons (Fsp3) is 0.300. The average Bonchev–Trinajstić information content (AvgIpc) is 2.17. The Labute approximate surface area is 95.4 Å². The number of carbonyl (C=O) groups excluding carboxylic acids is 1. The molecule has 76 valence electrons. The van der Waals surface area contributed by atoms with Crippen molar-refractivity contribution >= 4 is 33.3 Å². The predicted molar refractivity (Wildman–Crippen MR) is 58.6 cm³/mol. The van der Waals surface area contributed by atoms with Crippen molar-refractivity contribution in [3.8, 4) is 0 Å². The number of ketones is 1. The molecule has 0 aliphatic rings. The number of hydrogen-bond acceptors (Lipinski definition) is 1. The van der Waals surface area contributed by atoms with Crippen LogP contribution in [0.5, 0.6) is 0 Å². The molecule has 1 nitrogen and oxygen atoms in total. The highest BCUT2D eigenvalue weighted by atomic mass is 79.9. The molecule has 4 heteroatoms. The largest absolute Gasteiger partial charge is 0.294 e. The summed E-state index contributed by atoms with van der Waals surface area (Å²) in [5.41, 5.74) is 1.00. The van der Waals surface area contributed by atoms with Gasteiger partial charge in [0.2, 0.25) is 0 Å². The highest BCUT2D eigenvalue weighted by molar-refractivity contribution is 9.10. The Morgan fingerprint density at radius 3 is 2.71 bits per heavy atom. The second kappa shape index (κ2) is 5.47. The van der Waals surface area contributed by atoms with Gasteiger partial charge in [-0.2, -0.15) is 0 Å². The van der Waals surface area contributed by atoms with Gasteiger partial charge in [-0.15, -0.1) is 11.6 Å². The number of hydrogen-bond donors (Lipinski definition) is 0. The monoisotopic (exact) mass is 278 g/mol. The molecule has 0 bridgehead atoms. The van der Waals surface area contributed by atoms with Gasteiger partial charge >= 0.3 is 0 Å². The van der Waals surface area contributed by atoms with Crippen LogP contribution in [0.15, 0.2) is 22.7 Å². The summed E-state index contributed by atoms with van der Waals surface area (Å²) < 4.78 is 13.1. The summed E-state index contributed by atoms with van der Waals surface area (Å²) >= 11 is 8.67. The Morgan fingerprint density at radius 2 is 2.14 bits per heavy atom. The molecule has 0 atom stereocenters. The first-order valence-corrected chi connectivity index (χ1v) is 5.44. The highest BCUT2D eigenvalue weighted by Crippen LogP contribution is 2.18. The molecule has 1 aromatic rings. The molecule has 0 radical (unpaired) electrons. The first-order chi connectivity index (χ1) is 6.67. The van der Waals surface area contributed by atoms with Crippen LogP contribution in [-0.4, -0.2) is 11.7 Å². The third kappa shape index (κ3) is 3.07. The number of carbonyl (C=O) groups is 1. The van der Waals surface area contributed by atoms with Gasteiger partial charge in [0, 0.05) is 22.3 Å². The zero-order valence-electron chi connectivity index (χ0n) is 7.40. The maximum Gasteiger partial charge on any atom is 0.164 e. The Morgan fingerprint density at radius 1 is 1.43 bits per heavy atom. The van der Waals surface area contributed by atoms with Crippen LogP contribution >= 0.6 is 27.5 Å². The number of Topliss-reactive ketones (excluding diaryl/α,β-unsaturated/α-hetero) is 1. The second-order valence-electron chi connectivity index (χ2n) is 2.84. The average molecular weight is 280 g/mol. The summed E-state index contributed by atoms with van der Waals surface area (Å²) in [5.74, 6) is 0.229. The topological polar surface area (TPSA) is 17.1 Å². The van der Waals surface area contributed by atoms with E-state index in [1.165, 1.54) is 0 Å². The quantitative estimate of drug-likeness (QED) is 0.606. The summed E-state index contributed by atoms with van der Waals surface area (Å²) in [7, 11) is 0. The Bertz CT molecular complexity index is 341. The van der Waals surface area contributed by atoms with E-state index in [0.717, 1.165) is 0 Å². The first kappa shape index (κ1) is 11.7. The minimum atomic E-state index is -0.569. The van der Waals surface area contributed by atoms with Crippen LogP contribution in [-0.2, 0) is 6.67 Å². The van der Waals surface area contributed by atoms with Crippen molar-refractivity contribution in [2.75, 3.05) is 5.88 Å². The van der Waals surface area contributed by atoms with Crippen LogP contribution in [0.4, 0.5) is 4.39 Å². The van der Waals surface area contributed by atoms with Gasteiger partial charge in [-0.05, 0) is 23.8 Å². The van der Waals surface area contributed by atoms with Gasteiger partial charge in [0.25, 0.3) is 0 Å². The molecule has 0 heterocycles. The molecule has 0 unspecified atom stereocenters. The zero-order valence-corrected chi connectivity index (χ0v) is 9.74. The molecule has 0 N–H and O–H groups in total. The maximum absolute atomic E-state index is 12.4. The number of benzene rings is 1. The molecule has 0 spiro atoms. The van der Waals surface area contributed by atoms with E-state index in [-0.39, 0.29) is 18.1 Å².